The minimum absolute atomic E-state index is 0.0651. The predicted molar refractivity (Wildman–Crippen MR) is 72.7 cm³/mol. The van der Waals surface area contributed by atoms with Gasteiger partial charge in [-0.15, -0.1) is 0 Å². The topological polar surface area (TPSA) is 58.6 Å². The Hall–Kier alpha value is -0.910. The molecule has 1 rings (SSSR count). The number of nitrogens with zero attached hydrogens (tertiary/aromatic N) is 1. The number of carbonyl (C=O) groups is 2. The third kappa shape index (κ3) is 4.76. The number of rotatable bonds is 5. The Bertz CT molecular complexity index is 286. The molecule has 104 valence electrons. The van der Waals surface area contributed by atoms with Gasteiger partial charge in [-0.25, -0.2) is 4.79 Å². The van der Waals surface area contributed by atoms with Crippen molar-refractivity contribution in [2.24, 2.45) is 5.92 Å². The summed E-state index contributed by atoms with van der Waals surface area (Å²) in [6.45, 7) is 1.89. The molecule has 0 saturated carbocycles. The van der Waals surface area contributed by atoms with Crippen LogP contribution in [0.5, 0.6) is 0 Å². The molecule has 0 unspecified atom stereocenters. The van der Waals surface area contributed by atoms with Gasteiger partial charge in [-0.2, -0.15) is 11.8 Å². The zero-order valence-corrected chi connectivity index (χ0v) is 11.9. The minimum Gasteiger partial charge on any atom is -0.469 e. The second kappa shape index (κ2) is 8.24. The van der Waals surface area contributed by atoms with Crippen LogP contribution in [0.3, 0.4) is 0 Å². The molecule has 1 N–H and O–H groups in total. The number of esters is 1. The summed E-state index contributed by atoms with van der Waals surface area (Å²) in [5, 5.41) is 2.89. The summed E-state index contributed by atoms with van der Waals surface area (Å²) in [6.07, 6.45) is 4.69. The number of methoxy groups -OCH3 is 1. The van der Waals surface area contributed by atoms with E-state index in [0.717, 1.165) is 31.6 Å². The lowest BCUT2D eigenvalue weighted by atomic mass is 9.98. The molecule has 0 radical (unpaired) electrons. The smallest absolute Gasteiger partial charge is 0.317 e. The van der Waals surface area contributed by atoms with Crippen molar-refractivity contribution in [2.75, 3.05) is 38.8 Å². The number of carbonyl (C=O) groups excluding carboxylic acids is 2. The maximum absolute atomic E-state index is 11.9. The van der Waals surface area contributed by atoms with Crippen molar-refractivity contribution < 1.29 is 14.3 Å². The van der Waals surface area contributed by atoms with E-state index in [1.165, 1.54) is 7.11 Å². The van der Waals surface area contributed by atoms with Gasteiger partial charge in [0.1, 0.15) is 0 Å². The third-order valence-corrected chi connectivity index (χ3v) is 3.74. The fraction of sp³-hybridized carbons (Fsp3) is 0.833. The number of hydrogen-bond donors (Lipinski definition) is 1. The molecule has 5 nitrogen and oxygen atoms in total. The fourth-order valence-electron chi connectivity index (χ4n) is 2.04. The quantitative estimate of drug-likeness (QED) is 0.607. The summed E-state index contributed by atoms with van der Waals surface area (Å²) >= 11 is 1.77. The molecular formula is C12H22N2O3S. The van der Waals surface area contributed by atoms with E-state index in [-0.39, 0.29) is 17.9 Å². The van der Waals surface area contributed by atoms with Crippen LogP contribution in [0.1, 0.15) is 19.3 Å². The van der Waals surface area contributed by atoms with Gasteiger partial charge < -0.3 is 15.0 Å². The number of amides is 2. The number of urea groups is 1. The van der Waals surface area contributed by atoms with Gasteiger partial charge in [0.05, 0.1) is 13.0 Å². The van der Waals surface area contributed by atoms with Crippen LogP contribution in [-0.2, 0) is 9.53 Å². The van der Waals surface area contributed by atoms with Crippen molar-refractivity contribution in [3.63, 3.8) is 0 Å². The van der Waals surface area contributed by atoms with Crippen molar-refractivity contribution in [1.29, 1.82) is 0 Å². The average molecular weight is 274 g/mol. The monoisotopic (exact) mass is 274 g/mol. The molecule has 6 heteroatoms. The molecule has 0 bridgehead atoms. The number of ether oxygens (including phenoxy) is 1. The molecule has 1 aliphatic rings. The molecule has 0 spiro atoms. The first kappa shape index (κ1) is 15.1. The summed E-state index contributed by atoms with van der Waals surface area (Å²) < 4.78 is 4.73. The third-order valence-electron chi connectivity index (χ3n) is 3.04. The summed E-state index contributed by atoms with van der Waals surface area (Å²) in [6, 6.07) is -0.0651. The van der Waals surface area contributed by atoms with E-state index in [0.29, 0.717) is 13.1 Å². The van der Waals surface area contributed by atoms with Crippen LogP contribution in [0, 0.1) is 5.92 Å². The van der Waals surface area contributed by atoms with Gasteiger partial charge >= 0.3 is 12.0 Å². The fourth-order valence-corrected chi connectivity index (χ4v) is 2.48. The van der Waals surface area contributed by atoms with E-state index in [1.54, 1.807) is 16.7 Å². The molecule has 1 atom stereocenters. The Morgan fingerprint density at radius 1 is 1.50 bits per heavy atom. The number of nitrogens with one attached hydrogen (secondary N) is 1. The summed E-state index contributed by atoms with van der Waals surface area (Å²) in [5.74, 6) is 0.668. The standard InChI is InChI=1S/C12H22N2O3S/c1-17-11(15)10-5-3-7-14(9-10)12(16)13-6-4-8-18-2/h10H,3-9H2,1-2H3,(H,13,16)/t10-/m1/s1. The summed E-state index contributed by atoms with van der Waals surface area (Å²) in [4.78, 5) is 25.0. The highest BCUT2D eigenvalue weighted by Crippen LogP contribution is 2.17. The molecule has 0 aromatic rings. The highest BCUT2D eigenvalue weighted by atomic mass is 32.2. The SMILES string of the molecule is COC(=O)[C@@H]1CCCN(C(=O)NCCCSC)C1. The molecule has 0 aliphatic carbocycles. The van der Waals surface area contributed by atoms with Crippen molar-refractivity contribution in [2.45, 2.75) is 19.3 Å². The zero-order valence-electron chi connectivity index (χ0n) is 11.1. The first-order valence-corrected chi connectivity index (χ1v) is 7.68. The first-order valence-electron chi connectivity index (χ1n) is 6.28. The number of thioether (sulfide) groups is 1. The highest BCUT2D eigenvalue weighted by Gasteiger charge is 2.28. The van der Waals surface area contributed by atoms with Gasteiger partial charge in [-0.3, -0.25) is 4.79 Å². The Morgan fingerprint density at radius 2 is 2.28 bits per heavy atom. The normalized spacial score (nSPS) is 19.4. The van der Waals surface area contributed by atoms with E-state index in [1.807, 2.05) is 6.26 Å². The van der Waals surface area contributed by atoms with Gasteiger partial charge in [-0.1, -0.05) is 0 Å². The molecule has 1 aliphatic heterocycles. The van der Waals surface area contributed by atoms with Gasteiger partial charge in [0.15, 0.2) is 0 Å². The molecule has 0 aromatic heterocycles. The van der Waals surface area contributed by atoms with Crippen LogP contribution < -0.4 is 5.32 Å². The minimum atomic E-state index is -0.213. The first-order chi connectivity index (χ1) is 8.69. The lowest BCUT2D eigenvalue weighted by Crippen LogP contribution is -2.47. The van der Waals surface area contributed by atoms with E-state index < -0.39 is 0 Å². The lowest BCUT2D eigenvalue weighted by Gasteiger charge is -2.31. The second-order valence-corrected chi connectivity index (χ2v) is 5.37. The van der Waals surface area contributed by atoms with Crippen LogP contribution >= 0.6 is 11.8 Å². The molecule has 2 amide bonds. The van der Waals surface area contributed by atoms with Crippen LogP contribution in [0.25, 0.3) is 0 Å². The lowest BCUT2D eigenvalue weighted by molar-refractivity contribution is -0.146. The van der Waals surface area contributed by atoms with E-state index in [2.05, 4.69) is 5.32 Å². The second-order valence-electron chi connectivity index (χ2n) is 4.39. The maximum atomic E-state index is 11.9. The Balaban J connectivity index is 2.31. The Morgan fingerprint density at radius 3 is 2.94 bits per heavy atom. The van der Waals surface area contributed by atoms with E-state index in [9.17, 15) is 9.59 Å². The number of hydrogen-bond acceptors (Lipinski definition) is 4. The Kier molecular flexibility index (Phi) is 6.93. The van der Waals surface area contributed by atoms with Gasteiger partial charge in [-0.05, 0) is 31.3 Å². The van der Waals surface area contributed by atoms with Crippen LogP contribution in [0.4, 0.5) is 4.79 Å². The Labute approximate surface area is 113 Å². The molecule has 1 fully saturated rings. The molecule has 18 heavy (non-hydrogen) atoms. The zero-order chi connectivity index (χ0) is 13.4. The van der Waals surface area contributed by atoms with Crippen molar-refractivity contribution in [3.8, 4) is 0 Å². The van der Waals surface area contributed by atoms with E-state index >= 15 is 0 Å². The number of likely N-dealkylation sites (tertiary alicyclic amines) is 1. The van der Waals surface area contributed by atoms with Crippen molar-refractivity contribution in [1.82, 2.24) is 10.2 Å². The maximum Gasteiger partial charge on any atom is 0.317 e. The molecular weight excluding hydrogens is 252 g/mol. The van der Waals surface area contributed by atoms with Gasteiger partial charge in [0.25, 0.3) is 0 Å². The molecule has 1 heterocycles. The average Bonchev–Trinajstić information content (AvgIpc) is 2.42. The predicted octanol–water partition coefficient (Wildman–Crippen LogP) is 1.33. The van der Waals surface area contributed by atoms with Crippen molar-refractivity contribution in [3.05, 3.63) is 0 Å². The highest BCUT2D eigenvalue weighted by molar-refractivity contribution is 7.98. The van der Waals surface area contributed by atoms with Crippen molar-refractivity contribution >= 4 is 23.8 Å². The molecule has 0 aromatic carbocycles. The molecule has 1 saturated heterocycles. The van der Waals surface area contributed by atoms with Gasteiger partial charge in [0, 0.05) is 19.6 Å². The summed E-state index contributed by atoms with van der Waals surface area (Å²) in [7, 11) is 1.39. The summed E-state index contributed by atoms with van der Waals surface area (Å²) in [5.41, 5.74) is 0. The number of piperidine rings is 1. The van der Waals surface area contributed by atoms with Gasteiger partial charge in [0.2, 0.25) is 0 Å². The largest absolute Gasteiger partial charge is 0.469 e. The van der Waals surface area contributed by atoms with Crippen LogP contribution in [-0.4, -0.2) is 55.7 Å². The van der Waals surface area contributed by atoms with Crippen LogP contribution in [0.15, 0.2) is 0 Å². The van der Waals surface area contributed by atoms with E-state index in [4.69, 9.17) is 4.74 Å². The van der Waals surface area contributed by atoms with Crippen LogP contribution in [0.2, 0.25) is 0 Å².